The third-order valence-corrected chi connectivity index (χ3v) is 3.91. The minimum atomic E-state index is -0.356. The Balaban J connectivity index is 3.06. The van der Waals surface area contributed by atoms with Crippen LogP contribution in [0.2, 0.25) is 0 Å². The highest BCUT2D eigenvalue weighted by atomic mass is 16.2. The van der Waals surface area contributed by atoms with Crippen LogP contribution in [0.1, 0.15) is 26.3 Å². The monoisotopic (exact) mass is 341 g/mol. The summed E-state index contributed by atoms with van der Waals surface area (Å²) in [6.45, 7) is 11.3. The Morgan fingerprint density at radius 3 is 2.24 bits per heavy atom. The fourth-order valence-corrected chi connectivity index (χ4v) is 2.41. The Kier molecular flexibility index (Phi) is 7.18. The molecule has 134 valence electrons. The second-order valence-electron chi connectivity index (χ2n) is 5.90. The van der Waals surface area contributed by atoms with Gasteiger partial charge < -0.3 is 15.5 Å². The molecule has 0 bridgehead atoms. The summed E-state index contributed by atoms with van der Waals surface area (Å²) in [7, 11) is 3.35. The third-order valence-electron chi connectivity index (χ3n) is 3.91. The van der Waals surface area contributed by atoms with Gasteiger partial charge in [0.05, 0.1) is 17.0 Å². The molecule has 5 nitrogen and oxygen atoms in total. The molecule has 0 saturated heterocycles. The molecule has 1 aromatic carbocycles. The molecule has 2 N–H and O–H groups in total. The zero-order valence-electron chi connectivity index (χ0n) is 15.9. The van der Waals surface area contributed by atoms with E-state index in [2.05, 4.69) is 17.2 Å². The first-order valence-corrected chi connectivity index (χ1v) is 8.10. The van der Waals surface area contributed by atoms with Gasteiger partial charge >= 0.3 is 0 Å². The normalized spacial score (nSPS) is 10.7. The maximum atomic E-state index is 12.7. The number of hydrogen-bond acceptors (Lipinski definition) is 3. The summed E-state index contributed by atoms with van der Waals surface area (Å²) >= 11 is 0. The van der Waals surface area contributed by atoms with Gasteiger partial charge in [0.25, 0.3) is 11.8 Å². The van der Waals surface area contributed by atoms with Crippen LogP contribution in [0.25, 0.3) is 0 Å². The highest BCUT2D eigenvalue weighted by Crippen LogP contribution is 2.21. The molecule has 0 heterocycles. The van der Waals surface area contributed by atoms with Crippen LogP contribution in [0.4, 0.5) is 5.69 Å². The number of allylic oxidation sites excluding steroid dienone is 2. The van der Waals surface area contributed by atoms with Gasteiger partial charge in [0.1, 0.15) is 0 Å². The van der Waals surface area contributed by atoms with E-state index in [0.717, 1.165) is 16.8 Å². The van der Waals surface area contributed by atoms with Gasteiger partial charge in [-0.25, -0.2) is 0 Å². The lowest BCUT2D eigenvalue weighted by Crippen LogP contribution is -2.35. The molecule has 0 unspecified atom stereocenters. The van der Waals surface area contributed by atoms with Crippen molar-refractivity contribution in [1.29, 1.82) is 0 Å². The molecule has 0 aromatic heterocycles. The standard InChI is InChI=1S/C20H27N3O2/c1-8-16(20(25)21-6)18(13(2)3)22-19(24)15(5)23(7)17-12-10-9-11-14(17)4/h8-12H,5H2,1-4,6-7H3,(H,21,25)(H,22,24). The van der Waals surface area contributed by atoms with Crippen LogP contribution in [-0.4, -0.2) is 25.9 Å². The van der Waals surface area contributed by atoms with E-state index in [1.54, 1.807) is 32.0 Å². The van der Waals surface area contributed by atoms with Gasteiger partial charge in [0.15, 0.2) is 0 Å². The number of aryl methyl sites for hydroxylation is 1. The molecule has 0 aliphatic carbocycles. The lowest BCUT2D eigenvalue weighted by molar-refractivity contribution is -0.117. The number of carbonyl (C=O) groups is 2. The summed E-state index contributed by atoms with van der Waals surface area (Å²) in [6, 6.07) is 7.76. The van der Waals surface area contributed by atoms with Gasteiger partial charge in [-0.1, -0.05) is 36.4 Å². The van der Waals surface area contributed by atoms with Crippen LogP contribution in [-0.2, 0) is 9.59 Å². The highest BCUT2D eigenvalue weighted by Gasteiger charge is 2.20. The number of benzene rings is 1. The summed E-state index contributed by atoms with van der Waals surface area (Å²) < 4.78 is 0. The molecule has 0 fully saturated rings. The lowest BCUT2D eigenvalue weighted by Gasteiger charge is -2.24. The van der Waals surface area contributed by atoms with E-state index in [1.807, 2.05) is 45.0 Å². The van der Waals surface area contributed by atoms with Gasteiger partial charge in [-0.15, -0.1) is 0 Å². The molecule has 0 spiro atoms. The summed E-state index contributed by atoms with van der Waals surface area (Å²) in [6.07, 6.45) is 1.68. The second kappa shape index (κ2) is 8.87. The van der Waals surface area contributed by atoms with Crippen LogP contribution in [0.15, 0.2) is 59.5 Å². The molecule has 25 heavy (non-hydrogen) atoms. The Hall–Kier alpha value is -2.82. The zero-order chi connectivity index (χ0) is 19.1. The number of para-hydroxylation sites is 1. The van der Waals surface area contributed by atoms with E-state index >= 15 is 0 Å². The number of hydrogen-bond donors (Lipinski definition) is 2. The van der Waals surface area contributed by atoms with Crippen molar-refractivity contribution < 1.29 is 9.59 Å². The largest absolute Gasteiger partial charge is 0.355 e. The first-order chi connectivity index (χ1) is 11.7. The van der Waals surface area contributed by atoms with Crippen molar-refractivity contribution in [3.05, 3.63) is 65.0 Å². The first kappa shape index (κ1) is 20.2. The maximum absolute atomic E-state index is 12.7. The molecule has 5 heteroatoms. The van der Waals surface area contributed by atoms with Crippen LogP contribution in [0, 0.1) is 6.92 Å². The molecule has 0 aliphatic heterocycles. The summed E-state index contributed by atoms with van der Waals surface area (Å²) in [5.74, 6) is -0.609. The number of nitrogens with one attached hydrogen (secondary N) is 2. The van der Waals surface area contributed by atoms with Crippen molar-refractivity contribution in [2.45, 2.75) is 27.7 Å². The fourth-order valence-electron chi connectivity index (χ4n) is 2.41. The predicted molar refractivity (Wildman–Crippen MR) is 103 cm³/mol. The third kappa shape index (κ3) is 4.83. The van der Waals surface area contributed by atoms with Crippen molar-refractivity contribution in [3.8, 4) is 0 Å². The van der Waals surface area contributed by atoms with Crippen molar-refractivity contribution in [1.82, 2.24) is 10.6 Å². The average molecular weight is 341 g/mol. The quantitative estimate of drug-likeness (QED) is 0.617. The molecule has 0 saturated carbocycles. The topological polar surface area (TPSA) is 61.4 Å². The smallest absolute Gasteiger partial charge is 0.271 e. The Labute approximate surface area is 150 Å². The summed E-state index contributed by atoms with van der Waals surface area (Å²) in [5, 5.41) is 5.41. The predicted octanol–water partition coefficient (Wildman–Crippen LogP) is 3.05. The van der Waals surface area contributed by atoms with E-state index < -0.39 is 0 Å². The molecule has 0 aliphatic rings. The molecule has 0 radical (unpaired) electrons. The van der Waals surface area contributed by atoms with Crippen LogP contribution in [0.5, 0.6) is 0 Å². The van der Waals surface area contributed by atoms with Gasteiger partial charge in [-0.2, -0.15) is 0 Å². The number of rotatable bonds is 6. The van der Waals surface area contributed by atoms with Gasteiger partial charge in [-0.3, -0.25) is 9.59 Å². The summed E-state index contributed by atoms with van der Waals surface area (Å²) in [4.78, 5) is 26.5. The van der Waals surface area contributed by atoms with E-state index in [1.165, 1.54) is 0 Å². The number of likely N-dealkylation sites (N-methyl/N-ethyl adjacent to an activating group) is 2. The number of anilines is 1. The van der Waals surface area contributed by atoms with Crippen molar-refractivity contribution in [3.63, 3.8) is 0 Å². The van der Waals surface area contributed by atoms with E-state index in [0.29, 0.717) is 17.0 Å². The van der Waals surface area contributed by atoms with Crippen LogP contribution in [0.3, 0.4) is 0 Å². The zero-order valence-corrected chi connectivity index (χ0v) is 15.9. The van der Waals surface area contributed by atoms with Crippen LogP contribution < -0.4 is 15.5 Å². The lowest BCUT2D eigenvalue weighted by atomic mass is 10.1. The van der Waals surface area contributed by atoms with Gasteiger partial charge in [-0.05, 0) is 39.3 Å². The van der Waals surface area contributed by atoms with Crippen molar-refractivity contribution in [2.24, 2.45) is 0 Å². The van der Waals surface area contributed by atoms with Gasteiger partial charge in [0, 0.05) is 19.8 Å². The summed E-state index contributed by atoms with van der Waals surface area (Å²) in [5.41, 5.74) is 3.98. The number of carbonyl (C=O) groups excluding carboxylic acids is 2. The van der Waals surface area contributed by atoms with E-state index in [4.69, 9.17) is 0 Å². The SMILES string of the molecule is C=C(C(=O)NC(C(=CC)C(=O)NC)=C(C)C)N(C)c1ccccc1C. The molecule has 2 amide bonds. The highest BCUT2D eigenvalue weighted by molar-refractivity contribution is 6.02. The van der Waals surface area contributed by atoms with Crippen molar-refractivity contribution >= 4 is 17.5 Å². The first-order valence-electron chi connectivity index (χ1n) is 8.10. The van der Waals surface area contributed by atoms with E-state index in [9.17, 15) is 9.59 Å². The van der Waals surface area contributed by atoms with Crippen LogP contribution >= 0.6 is 0 Å². The molecular formula is C20H27N3O2. The number of nitrogens with zero attached hydrogens (tertiary/aromatic N) is 1. The van der Waals surface area contributed by atoms with Gasteiger partial charge in [0.2, 0.25) is 0 Å². The molecule has 1 rings (SSSR count). The second-order valence-corrected chi connectivity index (χ2v) is 5.90. The minimum absolute atomic E-state index is 0.253. The Morgan fingerprint density at radius 1 is 1.16 bits per heavy atom. The van der Waals surface area contributed by atoms with E-state index in [-0.39, 0.29) is 11.8 Å². The molecular weight excluding hydrogens is 314 g/mol. The maximum Gasteiger partial charge on any atom is 0.271 e. The minimum Gasteiger partial charge on any atom is -0.355 e. The Bertz CT molecular complexity index is 741. The molecule has 0 atom stereocenters. The van der Waals surface area contributed by atoms with Crippen molar-refractivity contribution in [2.75, 3.05) is 19.0 Å². The molecule has 1 aromatic rings. The Morgan fingerprint density at radius 2 is 1.76 bits per heavy atom. The average Bonchev–Trinajstić information content (AvgIpc) is 2.59. The number of amides is 2. The fraction of sp³-hybridized carbons (Fsp3) is 0.300.